The normalized spacial score (nSPS) is 14.5. The van der Waals surface area contributed by atoms with Gasteiger partial charge in [-0.05, 0) is 130 Å². The Morgan fingerprint density at radius 1 is 0.250 bits per heavy atom. The van der Waals surface area contributed by atoms with E-state index in [1.807, 2.05) is 11.8 Å². The van der Waals surface area contributed by atoms with Crippen molar-refractivity contribution in [1.29, 1.82) is 0 Å². The first-order valence-corrected chi connectivity index (χ1v) is 24.3. The maximum absolute atomic E-state index is 2.63. The van der Waals surface area contributed by atoms with Crippen LogP contribution in [0.25, 0.3) is 0 Å². The van der Waals surface area contributed by atoms with Gasteiger partial charge in [0.15, 0.2) is 0 Å². The summed E-state index contributed by atoms with van der Waals surface area (Å²) in [5, 5.41) is 0. The summed E-state index contributed by atoms with van der Waals surface area (Å²) in [6.45, 7) is -0.00806. The molecule has 6 aliphatic heterocycles. The fourth-order valence-electron chi connectivity index (χ4n) is 12.5. The Morgan fingerprint density at radius 3 is 1.18 bits per heavy atom. The molecule has 0 N–H and O–H groups in total. The number of hydrogen-bond donors (Lipinski definition) is 0. The molecule has 0 radical (unpaired) electrons. The van der Waals surface area contributed by atoms with Gasteiger partial charge in [-0.3, -0.25) is 0 Å². The van der Waals surface area contributed by atoms with Crippen LogP contribution in [-0.4, -0.2) is 13.4 Å². The monoisotopic (exact) mass is 881 g/mol. The Hall–Kier alpha value is -8.32. The highest BCUT2D eigenvalue weighted by Gasteiger charge is 2.50. The van der Waals surface area contributed by atoms with Crippen molar-refractivity contribution in [3.05, 3.63) is 224 Å². The van der Waals surface area contributed by atoms with Gasteiger partial charge in [-0.2, -0.15) is 0 Å². The summed E-state index contributed by atoms with van der Waals surface area (Å²) in [6, 6.07) is 83.6. The van der Waals surface area contributed by atoms with Crippen LogP contribution in [0.4, 0.5) is 85.3 Å². The predicted molar refractivity (Wildman–Crippen MR) is 287 cm³/mol. The van der Waals surface area contributed by atoms with Gasteiger partial charge in [0.25, 0.3) is 6.71 Å². The number of rotatable bonds is 3. The summed E-state index contributed by atoms with van der Waals surface area (Å²) in [4.78, 5) is 15.2. The zero-order valence-corrected chi connectivity index (χ0v) is 37.5. The van der Waals surface area contributed by atoms with Gasteiger partial charge in [-0.1, -0.05) is 139 Å². The maximum atomic E-state index is 2.63. The SMILES string of the molecule is c1ccc(N2c3cc4c(cc3B3c5ccccc5N5c6ccccc6N(c6ccccc6)c6ccc2c3c65)B2c3ccccc3N3c5ccccc5N(c5ccccc5)c5ccc(c2c53)S4)cc1. The van der Waals surface area contributed by atoms with Crippen molar-refractivity contribution in [3.63, 3.8) is 0 Å². The second kappa shape index (κ2) is 13.6. The van der Waals surface area contributed by atoms with E-state index in [1.54, 1.807) is 0 Å². The maximum Gasteiger partial charge on any atom is 0.252 e. The van der Waals surface area contributed by atoms with E-state index in [0.29, 0.717) is 0 Å². The fraction of sp³-hybridized carbons (Fsp3) is 0. The molecular formula is C60H37B2N5S. The fourth-order valence-corrected chi connectivity index (χ4v) is 13.7. The van der Waals surface area contributed by atoms with E-state index in [0.717, 1.165) is 17.1 Å². The second-order valence-corrected chi connectivity index (χ2v) is 19.5. The standard InChI is InChI=1S/C60H37B2N5S/c1-4-18-38(19-5-1)63-47-28-14-16-30-49(47)66-45-26-12-10-24-41(45)61-43-36-44-56(37-54(43)65(40-22-8-3-9-23-40)51-32-33-52(63)59(66)57(51)61)68-55-35-34-53-60-58(55)62(44)42-25-11-13-27-46(42)67(60)50-31-17-15-29-48(50)64(53)39-20-6-2-7-21-39/h1-37H. The van der Waals surface area contributed by atoms with Gasteiger partial charge in [0.05, 0.1) is 45.5 Å². The summed E-state index contributed by atoms with van der Waals surface area (Å²) >= 11 is 1.93. The Morgan fingerprint density at radius 2 is 0.647 bits per heavy atom. The molecule has 0 saturated heterocycles. The molecule has 5 nitrogen and oxygen atoms in total. The molecule has 0 bridgehead atoms. The third-order valence-electron chi connectivity index (χ3n) is 15.1. The van der Waals surface area contributed by atoms with Crippen LogP contribution in [-0.2, 0) is 0 Å². The van der Waals surface area contributed by atoms with Crippen LogP contribution in [0.2, 0.25) is 0 Å². The van der Waals surface area contributed by atoms with E-state index < -0.39 is 0 Å². The molecule has 6 aliphatic rings. The highest BCUT2D eigenvalue weighted by atomic mass is 32.2. The molecule has 0 aliphatic carbocycles. The van der Waals surface area contributed by atoms with E-state index in [-0.39, 0.29) is 13.4 Å². The van der Waals surface area contributed by atoms with E-state index in [4.69, 9.17) is 0 Å². The first-order valence-electron chi connectivity index (χ1n) is 23.5. The van der Waals surface area contributed by atoms with E-state index in [9.17, 15) is 0 Å². The minimum atomic E-state index is -0.0255. The van der Waals surface area contributed by atoms with Crippen molar-refractivity contribution >= 4 is 143 Å². The van der Waals surface area contributed by atoms with Crippen LogP contribution in [0.3, 0.4) is 0 Å². The van der Waals surface area contributed by atoms with Gasteiger partial charge >= 0.3 is 0 Å². The average molecular weight is 882 g/mol. The third-order valence-corrected chi connectivity index (χ3v) is 16.2. The molecule has 8 heteroatoms. The van der Waals surface area contributed by atoms with Crippen LogP contribution in [0.1, 0.15) is 0 Å². The molecule has 68 heavy (non-hydrogen) atoms. The van der Waals surface area contributed by atoms with Crippen molar-refractivity contribution in [1.82, 2.24) is 0 Å². The zero-order valence-electron chi connectivity index (χ0n) is 36.7. The molecular weight excluding hydrogens is 844 g/mol. The molecule has 16 rings (SSSR count). The highest BCUT2D eigenvalue weighted by Crippen LogP contribution is 2.58. The van der Waals surface area contributed by atoms with Gasteiger partial charge in [0.1, 0.15) is 0 Å². The largest absolute Gasteiger partial charge is 0.311 e. The van der Waals surface area contributed by atoms with Crippen LogP contribution in [0.15, 0.2) is 234 Å². The van der Waals surface area contributed by atoms with Gasteiger partial charge in [0.2, 0.25) is 6.71 Å². The van der Waals surface area contributed by atoms with Crippen LogP contribution < -0.4 is 57.3 Å². The van der Waals surface area contributed by atoms with E-state index in [1.165, 1.54) is 111 Å². The zero-order chi connectivity index (χ0) is 44.2. The van der Waals surface area contributed by atoms with Gasteiger partial charge in [-0.25, -0.2) is 0 Å². The molecule has 0 amide bonds. The lowest BCUT2D eigenvalue weighted by Crippen LogP contribution is -2.65. The average Bonchev–Trinajstić information content (AvgIpc) is 3.41. The van der Waals surface area contributed by atoms with Gasteiger partial charge < -0.3 is 24.5 Å². The summed E-state index contributed by atoms with van der Waals surface area (Å²) in [7, 11) is 0. The van der Waals surface area contributed by atoms with Gasteiger partial charge in [0, 0.05) is 49.6 Å². The molecule has 0 fully saturated rings. The first-order chi connectivity index (χ1) is 33.8. The van der Waals surface area contributed by atoms with Crippen LogP contribution in [0.5, 0.6) is 0 Å². The molecule has 0 aromatic heterocycles. The highest BCUT2D eigenvalue weighted by molar-refractivity contribution is 8.00. The molecule has 0 unspecified atom stereocenters. The molecule has 314 valence electrons. The topological polar surface area (TPSA) is 16.2 Å². The lowest BCUT2D eigenvalue weighted by Gasteiger charge is -2.49. The Bertz CT molecular complexity index is 3790. The molecule has 10 aromatic carbocycles. The first kappa shape index (κ1) is 36.8. The van der Waals surface area contributed by atoms with Gasteiger partial charge in [-0.15, -0.1) is 0 Å². The number of hydrogen-bond acceptors (Lipinski definition) is 6. The van der Waals surface area contributed by atoms with E-state index >= 15 is 0 Å². The van der Waals surface area contributed by atoms with Crippen molar-refractivity contribution in [2.45, 2.75) is 9.79 Å². The predicted octanol–water partition coefficient (Wildman–Crippen LogP) is 12.1. The summed E-state index contributed by atoms with van der Waals surface area (Å²) in [6.07, 6.45) is 0. The minimum absolute atomic E-state index is 0.0175. The molecule has 0 atom stereocenters. The lowest BCUT2D eigenvalue weighted by atomic mass is 9.31. The Kier molecular flexibility index (Phi) is 7.39. The minimum Gasteiger partial charge on any atom is -0.311 e. The molecule has 6 heterocycles. The smallest absolute Gasteiger partial charge is 0.252 e. The molecule has 0 spiro atoms. The van der Waals surface area contributed by atoms with Crippen molar-refractivity contribution in [3.8, 4) is 0 Å². The second-order valence-electron chi connectivity index (χ2n) is 18.4. The van der Waals surface area contributed by atoms with Crippen molar-refractivity contribution < 1.29 is 0 Å². The van der Waals surface area contributed by atoms with Crippen molar-refractivity contribution in [2.24, 2.45) is 0 Å². The molecule has 10 aromatic rings. The molecule has 0 saturated carbocycles. The summed E-state index contributed by atoms with van der Waals surface area (Å²) in [5.41, 5.74) is 26.1. The lowest BCUT2D eigenvalue weighted by molar-refractivity contribution is 1.16. The van der Waals surface area contributed by atoms with E-state index in [2.05, 4.69) is 249 Å². The number of nitrogens with zero attached hydrogens (tertiary/aromatic N) is 5. The number of anilines is 15. The summed E-state index contributed by atoms with van der Waals surface area (Å²) < 4.78 is 0. The van der Waals surface area contributed by atoms with Crippen molar-refractivity contribution in [2.75, 3.05) is 24.5 Å². The summed E-state index contributed by atoms with van der Waals surface area (Å²) in [5.74, 6) is 0. The Balaban J connectivity index is 0.982. The Labute approximate surface area is 399 Å². The quantitative estimate of drug-likeness (QED) is 0.163. The third kappa shape index (κ3) is 4.74. The number of para-hydroxylation sites is 9. The van der Waals surface area contributed by atoms with Crippen LogP contribution >= 0.6 is 11.8 Å². The number of fused-ring (bicyclic) bond motifs is 14. The number of benzene rings is 10. The van der Waals surface area contributed by atoms with Crippen LogP contribution in [0, 0.1) is 0 Å².